The molecule has 0 radical (unpaired) electrons. The molecule has 106 valence electrons. The van der Waals surface area contributed by atoms with Crippen LogP contribution >= 0.6 is 0 Å². The molecule has 4 nitrogen and oxygen atoms in total. The smallest absolute Gasteiger partial charge is 0.292 e. The molecule has 0 aromatic heterocycles. The van der Waals surface area contributed by atoms with Gasteiger partial charge in [0.1, 0.15) is 18.1 Å². The van der Waals surface area contributed by atoms with Crippen LogP contribution in [0.2, 0.25) is 0 Å². The zero-order valence-corrected chi connectivity index (χ0v) is 12.0. The summed E-state index contributed by atoms with van der Waals surface area (Å²) in [4.78, 5) is 0. The quantitative estimate of drug-likeness (QED) is 0.491. The van der Waals surface area contributed by atoms with Crippen molar-refractivity contribution in [2.75, 3.05) is 6.61 Å². The van der Waals surface area contributed by atoms with Crippen molar-refractivity contribution in [3.63, 3.8) is 0 Å². The number of hydrogen-bond acceptors (Lipinski definition) is 4. The van der Waals surface area contributed by atoms with Gasteiger partial charge in [0.15, 0.2) is 0 Å². The van der Waals surface area contributed by atoms with Gasteiger partial charge in [-0.05, 0) is 44.1 Å². The van der Waals surface area contributed by atoms with E-state index < -0.39 is 0 Å². The Labute approximate surface area is 119 Å². The van der Waals surface area contributed by atoms with Gasteiger partial charge in [-0.1, -0.05) is 18.2 Å². The molecular formula is C16H19NO3. The summed E-state index contributed by atoms with van der Waals surface area (Å²) in [5, 5.41) is 17.7. The van der Waals surface area contributed by atoms with Gasteiger partial charge in [0, 0.05) is 5.56 Å². The van der Waals surface area contributed by atoms with Crippen LogP contribution in [0.1, 0.15) is 26.3 Å². The number of para-hydroxylation sites is 1. The minimum atomic E-state index is -0.00568. The summed E-state index contributed by atoms with van der Waals surface area (Å²) in [5.41, 5.74) is 2.63. The maximum Gasteiger partial charge on any atom is 0.292 e. The van der Waals surface area contributed by atoms with Gasteiger partial charge in [0.25, 0.3) is 6.26 Å². The second-order valence-electron chi connectivity index (χ2n) is 4.60. The molecule has 0 saturated heterocycles. The third kappa shape index (κ3) is 4.79. The van der Waals surface area contributed by atoms with Gasteiger partial charge in [0.2, 0.25) is 0 Å². The molecule has 20 heavy (non-hydrogen) atoms. The molecule has 0 aliphatic rings. The first-order chi connectivity index (χ1) is 9.58. The molecule has 0 heterocycles. The van der Waals surface area contributed by atoms with Crippen LogP contribution in [0.25, 0.3) is 0 Å². The SMILES string of the molecule is CC(C)=C(/C=C(/C)CO)OCc1ccccc1OC#N. The van der Waals surface area contributed by atoms with Crippen LogP contribution in [0, 0.1) is 11.5 Å². The molecule has 0 atom stereocenters. The first-order valence-corrected chi connectivity index (χ1v) is 6.30. The topological polar surface area (TPSA) is 62.5 Å². The Morgan fingerprint density at radius 3 is 2.60 bits per heavy atom. The zero-order chi connectivity index (χ0) is 15.0. The van der Waals surface area contributed by atoms with E-state index in [4.69, 9.17) is 19.8 Å². The minimum absolute atomic E-state index is 0.00568. The van der Waals surface area contributed by atoms with Crippen molar-refractivity contribution in [3.05, 3.63) is 52.8 Å². The van der Waals surface area contributed by atoms with Gasteiger partial charge < -0.3 is 14.6 Å². The molecule has 4 heteroatoms. The van der Waals surface area contributed by atoms with E-state index in [0.29, 0.717) is 18.1 Å². The van der Waals surface area contributed by atoms with Crippen molar-refractivity contribution >= 4 is 0 Å². The number of aliphatic hydroxyl groups is 1. The van der Waals surface area contributed by atoms with Crippen molar-refractivity contribution in [2.24, 2.45) is 0 Å². The highest BCUT2D eigenvalue weighted by Gasteiger charge is 2.05. The highest BCUT2D eigenvalue weighted by molar-refractivity contribution is 5.34. The van der Waals surface area contributed by atoms with E-state index in [-0.39, 0.29) is 6.61 Å². The van der Waals surface area contributed by atoms with E-state index in [1.807, 2.05) is 39.0 Å². The number of benzene rings is 1. The Hall–Kier alpha value is -2.25. The number of rotatable bonds is 6. The van der Waals surface area contributed by atoms with Crippen LogP contribution in [0.5, 0.6) is 5.75 Å². The lowest BCUT2D eigenvalue weighted by atomic mass is 10.2. The molecule has 0 aliphatic carbocycles. The van der Waals surface area contributed by atoms with Crippen molar-refractivity contribution in [1.82, 2.24) is 0 Å². The number of nitrogens with zero attached hydrogens (tertiary/aromatic N) is 1. The van der Waals surface area contributed by atoms with Gasteiger partial charge in [0.05, 0.1) is 6.61 Å². The van der Waals surface area contributed by atoms with Gasteiger partial charge in [-0.25, -0.2) is 0 Å². The third-order valence-electron chi connectivity index (χ3n) is 2.63. The van der Waals surface area contributed by atoms with Gasteiger partial charge in [-0.2, -0.15) is 0 Å². The van der Waals surface area contributed by atoms with Crippen molar-refractivity contribution in [2.45, 2.75) is 27.4 Å². The number of aliphatic hydroxyl groups excluding tert-OH is 1. The lowest BCUT2D eigenvalue weighted by Crippen LogP contribution is -1.98. The van der Waals surface area contributed by atoms with Crippen molar-refractivity contribution < 1.29 is 14.6 Å². The Morgan fingerprint density at radius 2 is 2.00 bits per heavy atom. The summed E-state index contributed by atoms with van der Waals surface area (Å²) in [5.74, 6) is 1.20. The fourth-order valence-corrected chi connectivity index (χ4v) is 1.53. The average Bonchev–Trinajstić information content (AvgIpc) is 2.44. The molecule has 1 N–H and O–H groups in total. The maximum atomic E-state index is 9.06. The van der Waals surface area contributed by atoms with Crippen LogP contribution in [0.15, 0.2) is 47.2 Å². The van der Waals surface area contributed by atoms with Gasteiger partial charge in [-0.15, -0.1) is 5.26 Å². The molecule has 0 fully saturated rings. The van der Waals surface area contributed by atoms with E-state index in [1.165, 1.54) is 0 Å². The number of hydrogen-bond donors (Lipinski definition) is 1. The maximum absolute atomic E-state index is 9.06. The van der Waals surface area contributed by atoms with Crippen LogP contribution in [-0.2, 0) is 11.3 Å². The predicted octanol–water partition coefficient (Wildman–Crippen LogP) is 3.30. The molecule has 0 spiro atoms. The first kappa shape index (κ1) is 15.8. The average molecular weight is 273 g/mol. The van der Waals surface area contributed by atoms with Crippen LogP contribution < -0.4 is 4.74 Å². The molecule has 0 aliphatic heterocycles. The Kier molecular flexibility index (Phi) is 6.34. The van der Waals surface area contributed by atoms with Gasteiger partial charge in [-0.3, -0.25) is 0 Å². The summed E-state index contributed by atoms with van der Waals surface area (Å²) < 4.78 is 10.6. The van der Waals surface area contributed by atoms with Crippen LogP contribution in [0.3, 0.4) is 0 Å². The summed E-state index contributed by atoms with van der Waals surface area (Å²) >= 11 is 0. The molecule has 0 unspecified atom stereocenters. The monoisotopic (exact) mass is 273 g/mol. The summed E-state index contributed by atoms with van der Waals surface area (Å²) in [6.45, 7) is 6.00. The standard InChI is InChI=1S/C16H19NO3/c1-12(2)16(8-13(3)9-18)19-10-14-6-4-5-7-15(14)20-11-17/h4-8,18H,9-10H2,1-3H3/b13-8-. The van der Waals surface area contributed by atoms with Crippen molar-refractivity contribution in [3.8, 4) is 12.0 Å². The second-order valence-corrected chi connectivity index (χ2v) is 4.60. The highest BCUT2D eigenvalue weighted by Crippen LogP contribution is 2.21. The number of allylic oxidation sites excluding steroid dienone is 2. The Morgan fingerprint density at radius 1 is 1.30 bits per heavy atom. The highest BCUT2D eigenvalue weighted by atomic mass is 16.5. The van der Waals surface area contributed by atoms with E-state index in [0.717, 1.165) is 16.7 Å². The third-order valence-corrected chi connectivity index (χ3v) is 2.63. The fraction of sp³-hybridized carbons (Fsp3) is 0.312. The summed E-state index contributed by atoms with van der Waals surface area (Å²) in [7, 11) is 0. The molecule has 0 saturated carbocycles. The minimum Gasteiger partial charge on any atom is -0.489 e. The van der Waals surface area contributed by atoms with Crippen LogP contribution in [0.4, 0.5) is 0 Å². The number of ether oxygens (including phenoxy) is 2. The second kappa shape index (κ2) is 8.03. The lowest BCUT2D eigenvalue weighted by molar-refractivity contribution is 0.204. The lowest BCUT2D eigenvalue weighted by Gasteiger charge is -2.12. The number of nitriles is 1. The van der Waals surface area contributed by atoms with Crippen molar-refractivity contribution in [1.29, 1.82) is 5.26 Å². The summed E-state index contributed by atoms with van der Waals surface area (Å²) in [6, 6.07) is 7.23. The van der Waals surface area contributed by atoms with E-state index >= 15 is 0 Å². The Bertz CT molecular complexity index is 549. The Balaban J connectivity index is 2.85. The van der Waals surface area contributed by atoms with Gasteiger partial charge >= 0.3 is 0 Å². The molecule has 0 bridgehead atoms. The molecule has 1 aromatic rings. The molecular weight excluding hydrogens is 254 g/mol. The molecule has 1 aromatic carbocycles. The van der Waals surface area contributed by atoms with E-state index in [1.54, 1.807) is 18.4 Å². The van der Waals surface area contributed by atoms with E-state index in [9.17, 15) is 0 Å². The molecule has 0 amide bonds. The van der Waals surface area contributed by atoms with E-state index in [2.05, 4.69) is 0 Å². The first-order valence-electron chi connectivity index (χ1n) is 6.30. The largest absolute Gasteiger partial charge is 0.489 e. The molecule has 1 rings (SSSR count). The zero-order valence-electron chi connectivity index (χ0n) is 12.0. The normalized spacial score (nSPS) is 10.7. The fourth-order valence-electron chi connectivity index (χ4n) is 1.53. The predicted molar refractivity (Wildman–Crippen MR) is 76.7 cm³/mol. The summed E-state index contributed by atoms with van der Waals surface area (Å²) in [6.07, 6.45) is 3.47. The van der Waals surface area contributed by atoms with Crippen LogP contribution in [-0.4, -0.2) is 11.7 Å².